The van der Waals surface area contributed by atoms with Crippen LogP contribution >= 0.6 is 12.4 Å². The molecule has 4 nitrogen and oxygen atoms in total. The van der Waals surface area contributed by atoms with Gasteiger partial charge in [0.25, 0.3) is 0 Å². The predicted molar refractivity (Wildman–Crippen MR) is 114 cm³/mol. The Morgan fingerprint density at radius 3 is 2.30 bits per heavy atom. The van der Waals surface area contributed by atoms with Crippen molar-refractivity contribution >= 4 is 18.3 Å². The van der Waals surface area contributed by atoms with Gasteiger partial charge in [0.2, 0.25) is 5.91 Å². The fraction of sp³-hybridized carbons (Fsp3) is 0.409. The van der Waals surface area contributed by atoms with Gasteiger partial charge >= 0.3 is 0 Å². The topological polar surface area (TPSA) is 50.4 Å². The molecule has 0 bridgehead atoms. The fourth-order valence-electron chi connectivity index (χ4n) is 2.75. The van der Waals surface area contributed by atoms with Gasteiger partial charge in [-0.05, 0) is 63.5 Å². The number of benzene rings is 2. The summed E-state index contributed by atoms with van der Waals surface area (Å²) in [5, 5.41) is 6.11. The Bertz CT molecular complexity index is 672. The van der Waals surface area contributed by atoms with Crippen molar-refractivity contribution in [3.05, 3.63) is 65.2 Å². The van der Waals surface area contributed by atoms with Gasteiger partial charge in [-0.15, -0.1) is 12.4 Å². The molecule has 2 aromatic carbocycles. The largest absolute Gasteiger partial charge is 0.489 e. The molecule has 0 aliphatic heterocycles. The lowest BCUT2D eigenvalue weighted by molar-refractivity contribution is -0.121. The molecule has 2 N–H and O–H groups in total. The van der Waals surface area contributed by atoms with E-state index in [4.69, 9.17) is 4.74 Å². The molecular weight excluding hydrogens is 360 g/mol. The highest BCUT2D eigenvalue weighted by atomic mass is 35.5. The monoisotopic (exact) mass is 390 g/mol. The number of carbonyl (C=O) groups is 1. The Morgan fingerprint density at radius 1 is 1.04 bits per heavy atom. The molecule has 5 heteroatoms. The maximum atomic E-state index is 11.9. The molecular formula is C22H31ClN2O2. The van der Waals surface area contributed by atoms with E-state index in [0.29, 0.717) is 13.0 Å². The number of ether oxygens (including phenoxy) is 1. The molecule has 0 saturated carbocycles. The van der Waals surface area contributed by atoms with Crippen molar-refractivity contribution in [1.29, 1.82) is 0 Å². The highest BCUT2D eigenvalue weighted by Crippen LogP contribution is 2.15. The average molecular weight is 391 g/mol. The molecule has 0 aliphatic rings. The van der Waals surface area contributed by atoms with E-state index in [1.54, 1.807) is 0 Å². The second-order valence-electron chi connectivity index (χ2n) is 6.80. The first-order valence-corrected chi connectivity index (χ1v) is 9.28. The number of aryl methyl sites for hydroxylation is 1. The SMILES string of the molecule is CNCCCC(=O)NC(C)Cc1ccc(OCc2ccc(C)cc2)cc1.Cl. The quantitative estimate of drug-likeness (QED) is 0.602. The first kappa shape index (κ1) is 23.0. The Kier molecular flexibility index (Phi) is 10.5. The van der Waals surface area contributed by atoms with Gasteiger partial charge in [0.05, 0.1) is 0 Å². The number of rotatable bonds is 10. The van der Waals surface area contributed by atoms with Gasteiger partial charge < -0.3 is 15.4 Å². The molecule has 27 heavy (non-hydrogen) atoms. The van der Waals surface area contributed by atoms with Crippen LogP contribution < -0.4 is 15.4 Å². The minimum absolute atomic E-state index is 0. The molecule has 0 spiro atoms. The van der Waals surface area contributed by atoms with Gasteiger partial charge in [0.15, 0.2) is 0 Å². The smallest absolute Gasteiger partial charge is 0.220 e. The third-order valence-corrected chi connectivity index (χ3v) is 4.23. The lowest BCUT2D eigenvalue weighted by atomic mass is 10.1. The Balaban J connectivity index is 0.00000364. The number of hydrogen-bond acceptors (Lipinski definition) is 3. The van der Waals surface area contributed by atoms with Crippen molar-refractivity contribution in [2.24, 2.45) is 0 Å². The molecule has 148 valence electrons. The minimum atomic E-state index is 0. The Morgan fingerprint density at radius 2 is 1.67 bits per heavy atom. The number of amides is 1. The van der Waals surface area contributed by atoms with Crippen LogP contribution in [0.2, 0.25) is 0 Å². The molecule has 1 atom stereocenters. The zero-order valence-corrected chi connectivity index (χ0v) is 17.3. The van der Waals surface area contributed by atoms with E-state index < -0.39 is 0 Å². The normalized spacial score (nSPS) is 11.4. The molecule has 2 aromatic rings. The lowest BCUT2D eigenvalue weighted by Crippen LogP contribution is -2.34. The van der Waals surface area contributed by atoms with Crippen LogP contribution in [0.4, 0.5) is 0 Å². The van der Waals surface area contributed by atoms with Crippen LogP contribution in [0.5, 0.6) is 5.75 Å². The van der Waals surface area contributed by atoms with Gasteiger partial charge in [-0.25, -0.2) is 0 Å². The molecule has 2 rings (SSSR count). The summed E-state index contributed by atoms with van der Waals surface area (Å²) in [6, 6.07) is 16.6. The van der Waals surface area contributed by atoms with Crippen LogP contribution in [0.15, 0.2) is 48.5 Å². The maximum absolute atomic E-state index is 11.9. The van der Waals surface area contributed by atoms with Gasteiger partial charge in [-0.2, -0.15) is 0 Å². The van der Waals surface area contributed by atoms with Crippen LogP contribution in [-0.2, 0) is 17.8 Å². The van der Waals surface area contributed by atoms with Crippen LogP contribution in [0.25, 0.3) is 0 Å². The van der Waals surface area contributed by atoms with Crippen molar-refractivity contribution in [1.82, 2.24) is 10.6 Å². The molecule has 0 heterocycles. The van der Waals surface area contributed by atoms with Gasteiger partial charge in [-0.1, -0.05) is 42.0 Å². The molecule has 0 radical (unpaired) electrons. The summed E-state index contributed by atoms with van der Waals surface area (Å²) in [5.41, 5.74) is 3.60. The van der Waals surface area contributed by atoms with Crippen LogP contribution in [0.1, 0.15) is 36.5 Å². The summed E-state index contributed by atoms with van der Waals surface area (Å²) in [4.78, 5) is 11.9. The summed E-state index contributed by atoms with van der Waals surface area (Å²) in [6.45, 7) is 5.55. The molecule has 0 saturated heterocycles. The fourth-order valence-corrected chi connectivity index (χ4v) is 2.75. The summed E-state index contributed by atoms with van der Waals surface area (Å²) in [7, 11) is 1.90. The van der Waals surface area contributed by atoms with Crippen molar-refractivity contribution in [2.75, 3.05) is 13.6 Å². The zero-order chi connectivity index (χ0) is 18.8. The first-order chi connectivity index (χ1) is 12.6. The third kappa shape index (κ3) is 8.94. The van der Waals surface area contributed by atoms with Gasteiger partial charge in [-0.3, -0.25) is 4.79 Å². The van der Waals surface area contributed by atoms with E-state index in [-0.39, 0.29) is 24.4 Å². The third-order valence-electron chi connectivity index (χ3n) is 4.23. The van der Waals surface area contributed by atoms with Crippen LogP contribution in [0, 0.1) is 6.92 Å². The van der Waals surface area contributed by atoms with E-state index >= 15 is 0 Å². The van der Waals surface area contributed by atoms with Crippen LogP contribution in [-0.4, -0.2) is 25.5 Å². The average Bonchev–Trinajstić information content (AvgIpc) is 2.62. The number of halogens is 1. The van der Waals surface area contributed by atoms with Crippen molar-refractivity contribution in [2.45, 2.75) is 45.8 Å². The lowest BCUT2D eigenvalue weighted by Gasteiger charge is -2.14. The van der Waals surface area contributed by atoms with E-state index in [0.717, 1.165) is 30.7 Å². The minimum Gasteiger partial charge on any atom is -0.489 e. The summed E-state index contributed by atoms with van der Waals surface area (Å²) < 4.78 is 5.84. The number of carbonyl (C=O) groups excluding carboxylic acids is 1. The van der Waals surface area contributed by atoms with Crippen molar-refractivity contribution < 1.29 is 9.53 Å². The van der Waals surface area contributed by atoms with Crippen molar-refractivity contribution in [3.8, 4) is 5.75 Å². The number of nitrogens with one attached hydrogen (secondary N) is 2. The maximum Gasteiger partial charge on any atom is 0.220 e. The van der Waals surface area contributed by atoms with Gasteiger partial charge in [0, 0.05) is 12.5 Å². The molecule has 1 unspecified atom stereocenters. The van der Waals surface area contributed by atoms with E-state index in [9.17, 15) is 4.79 Å². The molecule has 0 aliphatic carbocycles. The van der Waals surface area contributed by atoms with Crippen LogP contribution in [0.3, 0.4) is 0 Å². The summed E-state index contributed by atoms with van der Waals surface area (Å²) in [6.07, 6.45) is 2.25. The molecule has 0 fully saturated rings. The molecule has 1 amide bonds. The second-order valence-corrected chi connectivity index (χ2v) is 6.80. The van der Waals surface area contributed by atoms with E-state index in [1.165, 1.54) is 11.1 Å². The zero-order valence-electron chi connectivity index (χ0n) is 16.5. The molecule has 0 aromatic heterocycles. The highest BCUT2D eigenvalue weighted by Gasteiger charge is 2.08. The van der Waals surface area contributed by atoms with Crippen molar-refractivity contribution in [3.63, 3.8) is 0 Å². The Hall–Kier alpha value is -2.04. The summed E-state index contributed by atoms with van der Waals surface area (Å²) >= 11 is 0. The summed E-state index contributed by atoms with van der Waals surface area (Å²) in [5.74, 6) is 0.976. The first-order valence-electron chi connectivity index (χ1n) is 9.28. The number of hydrogen-bond donors (Lipinski definition) is 2. The highest BCUT2D eigenvalue weighted by molar-refractivity contribution is 5.85. The predicted octanol–water partition coefficient (Wildman–Crippen LogP) is 4.04. The van der Waals surface area contributed by atoms with E-state index in [2.05, 4.69) is 54.0 Å². The second kappa shape index (κ2) is 12.4. The Labute approximate surface area is 169 Å². The standard InChI is InChI=1S/C22H30N2O2.ClH/c1-17-6-8-20(9-7-17)16-26-21-12-10-19(11-13-21)15-18(2)24-22(25)5-4-14-23-3;/h6-13,18,23H,4-5,14-16H2,1-3H3,(H,24,25);1H. The van der Waals surface area contributed by atoms with Gasteiger partial charge in [0.1, 0.15) is 12.4 Å². The van der Waals surface area contributed by atoms with E-state index in [1.807, 2.05) is 26.1 Å².